The Kier molecular flexibility index (Phi) is 6.72. The minimum Gasteiger partial charge on any atom is -0.467 e. The molecule has 1 amide bonds. The van der Waals surface area contributed by atoms with Gasteiger partial charge in [0.05, 0.1) is 28.3 Å². The summed E-state index contributed by atoms with van der Waals surface area (Å²) in [5, 5.41) is 6.23. The van der Waals surface area contributed by atoms with E-state index in [9.17, 15) is 18.0 Å². The Bertz CT molecular complexity index is 1580. The molecule has 0 aliphatic rings. The van der Waals surface area contributed by atoms with Gasteiger partial charge in [0, 0.05) is 18.6 Å². The number of para-hydroxylation sites is 1. The fourth-order valence-electron chi connectivity index (χ4n) is 3.64. The van der Waals surface area contributed by atoms with Crippen LogP contribution in [0.15, 0.2) is 71.3 Å². The number of nitrogens with zero attached hydrogens (tertiary/aromatic N) is 3. The Morgan fingerprint density at radius 2 is 1.84 bits per heavy atom. The van der Waals surface area contributed by atoms with Crippen LogP contribution >= 0.6 is 11.3 Å². The number of furan rings is 1. The number of nitrogens with one attached hydrogen (secondary N) is 2. The van der Waals surface area contributed by atoms with Crippen molar-refractivity contribution in [2.45, 2.75) is 26.1 Å². The number of ether oxygens (including phenoxy) is 1. The van der Waals surface area contributed by atoms with Gasteiger partial charge in [-0.2, -0.15) is 18.2 Å². The molecule has 0 saturated heterocycles. The molecule has 8 nitrogen and oxygen atoms in total. The van der Waals surface area contributed by atoms with Gasteiger partial charge in [-0.05, 0) is 43.3 Å². The molecule has 0 aliphatic carbocycles. The monoisotopic (exact) mass is 539 g/mol. The summed E-state index contributed by atoms with van der Waals surface area (Å²) in [7, 11) is 0. The van der Waals surface area contributed by atoms with Crippen LogP contribution in [-0.2, 0) is 11.0 Å². The van der Waals surface area contributed by atoms with Gasteiger partial charge >= 0.3 is 6.18 Å². The van der Waals surface area contributed by atoms with E-state index in [0.717, 1.165) is 16.8 Å². The first-order chi connectivity index (χ1) is 18.2. The van der Waals surface area contributed by atoms with Crippen LogP contribution in [-0.4, -0.2) is 20.9 Å². The molecule has 5 rings (SSSR count). The van der Waals surface area contributed by atoms with Crippen molar-refractivity contribution in [3.8, 4) is 22.9 Å². The lowest BCUT2D eigenvalue weighted by molar-refractivity contribution is -0.137. The molecular formula is C26H20F3N5O3S. The summed E-state index contributed by atoms with van der Waals surface area (Å²) in [5.41, 5.74) is 0.553. The summed E-state index contributed by atoms with van der Waals surface area (Å²) >= 11 is 1.29. The van der Waals surface area contributed by atoms with Gasteiger partial charge in [-0.1, -0.05) is 29.5 Å². The summed E-state index contributed by atoms with van der Waals surface area (Å²) in [4.78, 5) is 24.9. The van der Waals surface area contributed by atoms with Gasteiger partial charge in [0.2, 0.25) is 17.7 Å². The molecule has 0 aliphatic heterocycles. The van der Waals surface area contributed by atoms with Crippen molar-refractivity contribution in [2.75, 3.05) is 10.6 Å². The zero-order valence-corrected chi connectivity index (χ0v) is 20.9. The van der Waals surface area contributed by atoms with Gasteiger partial charge in [0.15, 0.2) is 10.9 Å². The number of hydrogen-bond donors (Lipinski definition) is 2. The fourth-order valence-corrected chi connectivity index (χ4v) is 4.57. The number of benzene rings is 2. The number of amides is 1. The maximum atomic E-state index is 13.1. The van der Waals surface area contributed by atoms with Gasteiger partial charge in [0.1, 0.15) is 11.3 Å². The molecule has 1 atom stereocenters. The minimum atomic E-state index is -4.45. The third kappa shape index (κ3) is 5.59. The number of carbonyl (C=O) groups is 1. The summed E-state index contributed by atoms with van der Waals surface area (Å²) < 4.78 is 51.6. The molecule has 12 heteroatoms. The first-order valence-corrected chi connectivity index (χ1v) is 12.2. The Hall–Kier alpha value is -4.45. The van der Waals surface area contributed by atoms with Crippen LogP contribution in [0.2, 0.25) is 0 Å². The zero-order chi connectivity index (χ0) is 26.9. The average Bonchev–Trinajstić information content (AvgIpc) is 3.54. The lowest BCUT2D eigenvalue weighted by atomic mass is 10.1. The molecular weight excluding hydrogens is 519 g/mol. The third-order valence-electron chi connectivity index (χ3n) is 5.41. The predicted molar refractivity (Wildman–Crippen MR) is 137 cm³/mol. The lowest BCUT2D eigenvalue weighted by Gasteiger charge is -2.14. The third-order valence-corrected chi connectivity index (χ3v) is 6.34. The Balaban J connectivity index is 1.52. The highest BCUT2D eigenvalue weighted by Crippen LogP contribution is 2.36. The quantitative estimate of drug-likeness (QED) is 0.224. The SMILES string of the molecule is CC(=O)Nc1nc2c(Oc3cc(-c4ccc(C(F)(F)F)cc4)nc(NC(C)c4ccco4)n3)cccc2s1. The topological polar surface area (TPSA) is 102 Å². The Labute approximate surface area is 218 Å². The molecule has 0 radical (unpaired) electrons. The molecule has 0 saturated carbocycles. The van der Waals surface area contributed by atoms with Crippen LogP contribution < -0.4 is 15.4 Å². The molecule has 2 N–H and O–H groups in total. The average molecular weight is 540 g/mol. The van der Waals surface area contributed by atoms with E-state index in [1.165, 1.54) is 36.5 Å². The highest BCUT2D eigenvalue weighted by molar-refractivity contribution is 7.22. The van der Waals surface area contributed by atoms with Crippen molar-refractivity contribution < 1.29 is 27.1 Å². The van der Waals surface area contributed by atoms with Crippen molar-refractivity contribution in [3.05, 3.63) is 78.3 Å². The highest BCUT2D eigenvalue weighted by Gasteiger charge is 2.30. The second-order valence-electron chi connectivity index (χ2n) is 8.28. The number of hydrogen-bond acceptors (Lipinski definition) is 8. The first-order valence-electron chi connectivity index (χ1n) is 11.4. The van der Waals surface area contributed by atoms with E-state index >= 15 is 0 Å². The summed E-state index contributed by atoms with van der Waals surface area (Å²) in [5.74, 6) is 1.12. The number of fused-ring (bicyclic) bond motifs is 1. The van der Waals surface area contributed by atoms with Crippen LogP contribution in [0, 0.1) is 0 Å². The number of rotatable bonds is 7. The smallest absolute Gasteiger partial charge is 0.416 e. The molecule has 3 aromatic heterocycles. The van der Waals surface area contributed by atoms with Crippen molar-refractivity contribution in [3.63, 3.8) is 0 Å². The number of halogens is 3. The highest BCUT2D eigenvalue weighted by atomic mass is 32.1. The van der Waals surface area contributed by atoms with E-state index in [-0.39, 0.29) is 23.8 Å². The fraction of sp³-hybridized carbons (Fsp3) is 0.154. The van der Waals surface area contributed by atoms with Crippen LogP contribution in [0.3, 0.4) is 0 Å². The van der Waals surface area contributed by atoms with Crippen LogP contribution in [0.1, 0.15) is 31.2 Å². The normalized spacial score (nSPS) is 12.3. The summed E-state index contributed by atoms with van der Waals surface area (Å²) in [6.07, 6.45) is -2.91. The van der Waals surface area contributed by atoms with Gasteiger partial charge in [-0.15, -0.1) is 0 Å². The number of carbonyl (C=O) groups excluding carboxylic acids is 1. The molecule has 3 heterocycles. The van der Waals surface area contributed by atoms with Gasteiger partial charge < -0.3 is 19.8 Å². The zero-order valence-electron chi connectivity index (χ0n) is 20.0. The van der Waals surface area contributed by atoms with Crippen molar-refractivity contribution >= 4 is 38.5 Å². The molecule has 194 valence electrons. The minimum absolute atomic E-state index is 0.144. The van der Waals surface area contributed by atoms with E-state index in [4.69, 9.17) is 9.15 Å². The number of alkyl halides is 3. The Morgan fingerprint density at radius 3 is 2.53 bits per heavy atom. The molecule has 0 bridgehead atoms. The molecule has 1 unspecified atom stereocenters. The predicted octanol–water partition coefficient (Wildman–Crippen LogP) is 7.29. The summed E-state index contributed by atoms with van der Waals surface area (Å²) in [6, 6.07) is 14.8. The van der Waals surface area contributed by atoms with Crippen molar-refractivity contribution in [1.82, 2.24) is 15.0 Å². The lowest BCUT2D eigenvalue weighted by Crippen LogP contribution is -2.10. The number of anilines is 2. The molecule has 0 spiro atoms. The summed E-state index contributed by atoms with van der Waals surface area (Å²) in [6.45, 7) is 3.25. The largest absolute Gasteiger partial charge is 0.467 e. The van der Waals surface area contributed by atoms with E-state index in [1.807, 2.05) is 13.0 Å². The van der Waals surface area contributed by atoms with Crippen molar-refractivity contribution in [2.24, 2.45) is 0 Å². The van der Waals surface area contributed by atoms with Crippen LogP contribution in [0.5, 0.6) is 11.6 Å². The molecule has 5 aromatic rings. The van der Waals surface area contributed by atoms with Crippen molar-refractivity contribution in [1.29, 1.82) is 0 Å². The molecule has 38 heavy (non-hydrogen) atoms. The van der Waals surface area contributed by atoms with Gasteiger partial charge in [0.25, 0.3) is 0 Å². The van der Waals surface area contributed by atoms with Crippen LogP contribution in [0.4, 0.5) is 24.3 Å². The van der Waals surface area contributed by atoms with E-state index < -0.39 is 11.7 Å². The maximum Gasteiger partial charge on any atom is 0.416 e. The van der Waals surface area contributed by atoms with Gasteiger partial charge in [-0.25, -0.2) is 9.97 Å². The number of aromatic nitrogens is 3. The first kappa shape index (κ1) is 25.2. The molecule has 2 aromatic carbocycles. The van der Waals surface area contributed by atoms with E-state index in [2.05, 4.69) is 25.6 Å². The van der Waals surface area contributed by atoms with E-state index in [1.54, 1.807) is 30.5 Å². The standard InChI is InChI=1S/C26H20F3N5O3S/c1-14(19-6-4-12-36-19)30-24-32-18(16-8-10-17(11-9-16)26(27,28)29)13-22(33-24)37-20-5-3-7-21-23(20)34-25(38-21)31-15(2)35/h3-14H,1-2H3,(H,30,32,33)(H,31,34,35). The second kappa shape index (κ2) is 10.1. The number of thiazole rings is 1. The second-order valence-corrected chi connectivity index (χ2v) is 9.31. The van der Waals surface area contributed by atoms with E-state index in [0.29, 0.717) is 33.4 Å². The maximum absolute atomic E-state index is 13.1. The van der Waals surface area contributed by atoms with Crippen LogP contribution in [0.25, 0.3) is 21.5 Å². The molecule has 0 fully saturated rings. The Morgan fingerprint density at radius 1 is 1.05 bits per heavy atom. The van der Waals surface area contributed by atoms with Gasteiger partial charge in [-0.3, -0.25) is 4.79 Å².